The molecule has 0 fully saturated rings. The fraction of sp³-hybridized carbons (Fsp3) is 0.429. The van der Waals surface area contributed by atoms with Gasteiger partial charge < -0.3 is 10.4 Å². The molecule has 1 aromatic rings. The number of amides is 1. The number of rotatable bonds is 7. The van der Waals surface area contributed by atoms with Crippen LogP contribution in [0.1, 0.15) is 36.5 Å². The highest BCUT2D eigenvalue weighted by molar-refractivity contribution is 5.98. The molecule has 1 rings (SSSR count). The van der Waals surface area contributed by atoms with Crippen molar-refractivity contribution in [2.24, 2.45) is 0 Å². The molecular formula is C14H17F2NO3. The molecule has 0 radical (unpaired) electrons. The average molecular weight is 285 g/mol. The number of Topliss-reactive ketones (excluding diaryl/α,β-unsaturated/α-hetero) is 1. The molecule has 4 nitrogen and oxygen atoms in total. The normalized spacial score (nSPS) is 12.0. The van der Waals surface area contributed by atoms with Crippen LogP contribution < -0.4 is 5.32 Å². The first-order valence-corrected chi connectivity index (χ1v) is 6.33. The Labute approximate surface area is 115 Å². The zero-order valence-corrected chi connectivity index (χ0v) is 11.2. The standard InChI is InChI=1S/C14H17F2NO3/c1-9(18)6-7-17-14(20)5-4-13(19)11-3-2-10(15)8-12(11)16/h2-3,8-9,18H,4-7H2,1H3,(H,17,20). The smallest absolute Gasteiger partial charge is 0.220 e. The molecule has 0 spiro atoms. The summed E-state index contributed by atoms with van der Waals surface area (Å²) < 4.78 is 26.0. The van der Waals surface area contributed by atoms with Crippen LogP contribution in [0.3, 0.4) is 0 Å². The first kappa shape index (κ1) is 16.2. The van der Waals surface area contributed by atoms with E-state index in [1.807, 2.05) is 0 Å². The zero-order valence-electron chi connectivity index (χ0n) is 11.2. The predicted molar refractivity (Wildman–Crippen MR) is 69.2 cm³/mol. The van der Waals surface area contributed by atoms with Gasteiger partial charge in [-0.2, -0.15) is 0 Å². The van der Waals surface area contributed by atoms with Gasteiger partial charge in [-0.3, -0.25) is 9.59 Å². The van der Waals surface area contributed by atoms with Crippen molar-refractivity contribution in [2.45, 2.75) is 32.3 Å². The van der Waals surface area contributed by atoms with Gasteiger partial charge in [-0.15, -0.1) is 0 Å². The van der Waals surface area contributed by atoms with E-state index in [0.29, 0.717) is 19.0 Å². The molecule has 1 unspecified atom stereocenters. The minimum atomic E-state index is -0.926. The molecule has 2 N–H and O–H groups in total. The van der Waals surface area contributed by atoms with Gasteiger partial charge in [-0.25, -0.2) is 8.78 Å². The van der Waals surface area contributed by atoms with E-state index >= 15 is 0 Å². The quantitative estimate of drug-likeness (QED) is 0.751. The van der Waals surface area contributed by atoms with Gasteiger partial charge in [0.25, 0.3) is 0 Å². The minimum Gasteiger partial charge on any atom is -0.393 e. The van der Waals surface area contributed by atoms with Crippen LogP contribution in [0.25, 0.3) is 0 Å². The second kappa shape index (κ2) is 7.69. The van der Waals surface area contributed by atoms with Gasteiger partial charge in [0.2, 0.25) is 5.91 Å². The summed E-state index contributed by atoms with van der Waals surface area (Å²) in [5.74, 6) is -2.57. The van der Waals surface area contributed by atoms with Crippen molar-refractivity contribution in [1.29, 1.82) is 0 Å². The number of nitrogens with one attached hydrogen (secondary N) is 1. The number of ketones is 1. The lowest BCUT2D eigenvalue weighted by atomic mass is 10.1. The monoisotopic (exact) mass is 285 g/mol. The summed E-state index contributed by atoms with van der Waals surface area (Å²) in [6, 6.07) is 2.70. The highest BCUT2D eigenvalue weighted by Crippen LogP contribution is 2.12. The molecule has 0 saturated heterocycles. The van der Waals surface area contributed by atoms with Crippen LogP contribution in [0.5, 0.6) is 0 Å². The molecule has 1 amide bonds. The molecule has 0 heterocycles. The second-order valence-electron chi connectivity index (χ2n) is 4.53. The first-order chi connectivity index (χ1) is 9.40. The number of aliphatic hydroxyl groups excluding tert-OH is 1. The minimum absolute atomic E-state index is 0.0739. The number of hydrogen-bond acceptors (Lipinski definition) is 3. The maximum Gasteiger partial charge on any atom is 0.220 e. The Balaban J connectivity index is 2.41. The van der Waals surface area contributed by atoms with E-state index in [-0.39, 0.29) is 24.3 Å². The fourth-order valence-corrected chi connectivity index (χ4v) is 1.59. The molecule has 110 valence electrons. The number of aliphatic hydroxyl groups is 1. The predicted octanol–water partition coefficient (Wildman–Crippen LogP) is 1.81. The second-order valence-corrected chi connectivity index (χ2v) is 4.53. The van der Waals surface area contributed by atoms with E-state index in [1.54, 1.807) is 6.92 Å². The number of hydrogen-bond donors (Lipinski definition) is 2. The molecule has 0 aromatic heterocycles. The van der Waals surface area contributed by atoms with Gasteiger partial charge >= 0.3 is 0 Å². The van der Waals surface area contributed by atoms with E-state index < -0.39 is 23.5 Å². The Hall–Kier alpha value is -1.82. The van der Waals surface area contributed by atoms with Crippen molar-refractivity contribution in [1.82, 2.24) is 5.32 Å². The molecule has 0 bridgehead atoms. The third-order valence-electron chi connectivity index (χ3n) is 2.69. The van der Waals surface area contributed by atoms with Crippen LogP contribution in [0.4, 0.5) is 8.78 Å². The van der Waals surface area contributed by atoms with E-state index in [1.165, 1.54) is 0 Å². The van der Waals surface area contributed by atoms with E-state index in [9.17, 15) is 18.4 Å². The van der Waals surface area contributed by atoms with Gasteiger partial charge in [-0.05, 0) is 25.5 Å². The van der Waals surface area contributed by atoms with Gasteiger partial charge in [0.1, 0.15) is 11.6 Å². The molecule has 1 atom stereocenters. The molecule has 0 aliphatic rings. The lowest BCUT2D eigenvalue weighted by Crippen LogP contribution is -2.26. The van der Waals surface area contributed by atoms with Crippen LogP contribution in [-0.2, 0) is 4.79 Å². The summed E-state index contributed by atoms with van der Waals surface area (Å²) >= 11 is 0. The van der Waals surface area contributed by atoms with Crippen LogP contribution >= 0.6 is 0 Å². The lowest BCUT2D eigenvalue weighted by molar-refractivity contribution is -0.121. The number of halogens is 2. The van der Waals surface area contributed by atoms with Crippen LogP contribution in [0, 0.1) is 11.6 Å². The van der Waals surface area contributed by atoms with Crippen LogP contribution in [0.2, 0.25) is 0 Å². The highest BCUT2D eigenvalue weighted by atomic mass is 19.1. The van der Waals surface area contributed by atoms with Gasteiger partial charge in [0.15, 0.2) is 5.78 Å². The third-order valence-corrected chi connectivity index (χ3v) is 2.69. The van der Waals surface area contributed by atoms with E-state index in [2.05, 4.69) is 5.32 Å². The topological polar surface area (TPSA) is 66.4 Å². The summed E-state index contributed by atoms with van der Waals surface area (Å²) in [7, 11) is 0. The number of carbonyl (C=O) groups excluding carboxylic acids is 2. The van der Waals surface area contributed by atoms with E-state index in [0.717, 1.165) is 12.1 Å². The molecule has 0 aliphatic carbocycles. The molecule has 20 heavy (non-hydrogen) atoms. The Kier molecular flexibility index (Phi) is 6.24. The first-order valence-electron chi connectivity index (χ1n) is 6.33. The van der Waals surface area contributed by atoms with Crippen molar-refractivity contribution in [3.8, 4) is 0 Å². The van der Waals surface area contributed by atoms with Crippen LogP contribution in [-0.4, -0.2) is 29.4 Å². The SMILES string of the molecule is CC(O)CCNC(=O)CCC(=O)c1ccc(F)cc1F. The maximum absolute atomic E-state index is 13.3. The largest absolute Gasteiger partial charge is 0.393 e. The van der Waals surface area contributed by atoms with Gasteiger partial charge in [0.05, 0.1) is 11.7 Å². The Morgan fingerprint density at radius 3 is 2.60 bits per heavy atom. The molecular weight excluding hydrogens is 268 g/mol. The Morgan fingerprint density at radius 2 is 2.00 bits per heavy atom. The maximum atomic E-state index is 13.3. The van der Waals surface area contributed by atoms with Crippen molar-refractivity contribution in [2.75, 3.05) is 6.54 Å². The molecule has 6 heteroatoms. The third kappa shape index (κ3) is 5.44. The van der Waals surface area contributed by atoms with Crippen molar-refractivity contribution in [3.05, 3.63) is 35.4 Å². The number of benzene rings is 1. The lowest BCUT2D eigenvalue weighted by Gasteiger charge is -2.07. The summed E-state index contributed by atoms with van der Waals surface area (Å²) in [4.78, 5) is 23.1. The molecule has 1 aromatic carbocycles. The Bertz CT molecular complexity index is 489. The zero-order chi connectivity index (χ0) is 15.1. The van der Waals surface area contributed by atoms with Crippen LogP contribution in [0.15, 0.2) is 18.2 Å². The van der Waals surface area contributed by atoms with Gasteiger partial charge in [0, 0.05) is 25.5 Å². The summed E-state index contributed by atoms with van der Waals surface area (Å²) in [6.07, 6.45) is -0.310. The molecule has 0 saturated carbocycles. The molecule has 0 aliphatic heterocycles. The van der Waals surface area contributed by atoms with Gasteiger partial charge in [-0.1, -0.05) is 0 Å². The van der Waals surface area contributed by atoms with E-state index in [4.69, 9.17) is 5.11 Å². The fourth-order valence-electron chi connectivity index (χ4n) is 1.59. The average Bonchev–Trinajstić information content (AvgIpc) is 2.35. The van der Waals surface area contributed by atoms with Crippen molar-refractivity contribution >= 4 is 11.7 Å². The summed E-state index contributed by atoms with van der Waals surface area (Å²) in [6.45, 7) is 1.92. The Morgan fingerprint density at radius 1 is 1.30 bits per heavy atom. The summed E-state index contributed by atoms with van der Waals surface area (Å²) in [5.41, 5.74) is -0.219. The number of carbonyl (C=O) groups is 2. The van der Waals surface area contributed by atoms with Crippen molar-refractivity contribution in [3.63, 3.8) is 0 Å². The van der Waals surface area contributed by atoms with Crippen molar-refractivity contribution < 1.29 is 23.5 Å². The summed E-state index contributed by atoms with van der Waals surface area (Å²) in [5, 5.41) is 11.5. The highest BCUT2D eigenvalue weighted by Gasteiger charge is 2.14.